The third-order valence-corrected chi connectivity index (χ3v) is 3.22. The quantitative estimate of drug-likeness (QED) is 0.750. The Morgan fingerprint density at radius 3 is 2.25 bits per heavy atom. The molecule has 1 rings (SSSR count). The Morgan fingerprint density at radius 2 is 1.88 bits per heavy atom. The van der Waals surface area contributed by atoms with Crippen molar-refractivity contribution >= 4 is 5.91 Å². The molecule has 2 unspecified atom stereocenters. The SMILES string of the molecule is CC(CC1CC1)NC(C(=O)N(C)C)C(C)C. The normalized spacial score (nSPS) is 19.6. The monoisotopic (exact) mass is 226 g/mol. The molecule has 0 aromatic heterocycles. The highest BCUT2D eigenvalue weighted by atomic mass is 16.2. The van der Waals surface area contributed by atoms with Crippen LogP contribution in [-0.2, 0) is 4.79 Å². The van der Waals surface area contributed by atoms with Crippen LogP contribution >= 0.6 is 0 Å². The lowest BCUT2D eigenvalue weighted by Crippen LogP contribution is -2.50. The van der Waals surface area contributed by atoms with Gasteiger partial charge in [-0.1, -0.05) is 26.7 Å². The molecular formula is C13H26N2O. The van der Waals surface area contributed by atoms with Gasteiger partial charge in [0.05, 0.1) is 6.04 Å². The summed E-state index contributed by atoms with van der Waals surface area (Å²) in [6.07, 6.45) is 3.96. The molecule has 3 heteroatoms. The molecule has 0 spiro atoms. The van der Waals surface area contributed by atoms with Crippen LogP contribution in [-0.4, -0.2) is 37.0 Å². The Hall–Kier alpha value is -0.570. The van der Waals surface area contributed by atoms with Crippen LogP contribution in [0.25, 0.3) is 0 Å². The molecule has 0 aliphatic heterocycles. The third kappa shape index (κ3) is 4.12. The first-order valence-electron chi connectivity index (χ1n) is 6.39. The first kappa shape index (κ1) is 13.5. The number of amides is 1. The van der Waals surface area contributed by atoms with Crippen LogP contribution < -0.4 is 5.32 Å². The van der Waals surface area contributed by atoms with Gasteiger partial charge in [-0.3, -0.25) is 4.79 Å². The van der Waals surface area contributed by atoms with E-state index in [-0.39, 0.29) is 11.9 Å². The molecule has 1 amide bonds. The highest BCUT2D eigenvalue weighted by Gasteiger charge is 2.28. The van der Waals surface area contributed by atoms with Gasteiger partial charge in [-0.15, -0.1) is 0 Å². The number of nitrogens with zero attached hydrogens (tertiary/aromatic N) is 1. The third-order valence-electron chi connectivity index (χ3n) is 3.22. The molecule has 0 radical (unpaired) electrons. The maximum Gasteiger partial charge on any atom is 0.239 e. The van der Waals surface area contributed by atoms with Crippen molar-refractivity contribution in [1.29, 1.82) is 0 Å². The topological polar surface area (TPSA) is 32.3 Å². The maximum atomic E-state index is 12.0. The van der Waals surface area contributed by atoms with Crippen LogP contribution in [0.4, 0.5) is 0 Å². The summed E-state index contributed by atoms with van der Waals surface area (Å²) in [6, 6.07) is 0.410. The Morgan fingerprint density at radius 1 is 1.31 bits per heavy atom. The number of carbonyl (C=O) groups excluding carboxylic acids is 1. The van der Waals surface area contributed by atoms with Crippen molar-refractivity contribution < 1.29 is 4.79 Å². The molecule has 1 N–H and O–H groups in total. The molecule has 0 aromatic rings. The average Bonchev–Trinajstić information content (AvgIpc) is 2.96. The molecule has 0 bridgehead atoms. The minimum Gasteiger partial charge on any atom is -0.347 e. The molecular weight excluding hydrogens is 200 g/mol. The zero-order chi connectivity index (χ0) is 12.3. The second kappa shape index (κ2) is 5.67. The van der Waals surface area contributed by atoms with E-state index in [0.29, 0.717) is 12.0 Å². The fourth-order valence-corrected chi connectivity index (χ4v) is 2.06. The summed E-state index contributed by atoms with van der Waals surface area (Å²) in [5.41, 5.74) is 0. The van der Waals surface area contributed by atoms with Gasteiger partial charge in [0, 0.05) is 20.1 Å². The second-order valence-electron chi connectivity index (χ2n) is 5.70. The first-order valence-corrected chi connectivity index (χ1v) is 6.39. The number of hydrogen-bond acceptors (Lipinski definition) is 2. The fourth-order valence-electron chi connectivity index (χ4n) is 2.06. The largest absolute Gasteiger partial charge is 0.347 e. The summed E-state index contributed by atoms with van der Waals surface area (Å²) in [5.74, 6) is 1.44. The Balaban J connectivity index is 2.45. The molecule has 0 saturated heterocycles. The van der Waals surface area contributed by atoms with Gasteiger partial charge in [0.25, 0.3) is 0 Å². The number of hydrogen-bond donors (Lipinski definition) is 1. The van der Waals surface area contributed by atoms with E-state index in [1.54, 1.807) is 4.90 Å². The average molecular weight is 226 g/mol. The van der Waals surface area contributed by atoms with Gasteiger partial charge >= 0.3 is 0 Å². The van der Waals surface area contributed by atoms with Crippen LogP contribution in [0.5, 0.6) is 0 Å². The molecule has 1 aliphatic carbocycles. The minimum absolute atomic E-state index is 0.0382. The molecule has 94 valence electrons. The number of nitrogens with one attached hydrogen (secondary N) is 1. The highest BCUT2D eigenvalue weighted by molar-refractivity contribution is 5.81. The van der Waals surface area contributed by atoms with Crippen molar-refractivity contribution in [2.75, 3.05) is 14.1 Å². The number of rotatable bonds is 6. The summed E-state index contributed by atoms with van der Waals surface area (Å²) < 4.78 is 0. The van der Waals surface area contributed by atoms with Gasteiger partial charge in [-0.25, -0.2) is 0 Å². The summed E-state index contributed by atoms with van der Waals surface area (Å²) in [6.45, 7) is 6.39. The van der Waals surface area contributed by atoms with Crippen LogP contribution in [0.3, 0.4) is 0 Å². The zero-order valence-corrected chi connectivity index (χ0v) is 11.3. The zero-order valence-electron chi connectivity index (χ0n) is 11.3. The van der Waals surface area contributed by atoms with Gasteiger partial charge in [-0.05, 0) is 25.2 Å². The molecule has 1 saturated carbocycles. The van der Waals surface area contributed by atoms with Gasteiger partial charge < -0.3 is 10.2 Å². The lowest BCUT2D eigenvalue weighted by Gasteiger charge is -2.28. The fraction of sp³-hybridized carbons (Fsp3) is 0.923. The van der Waals surface area contributed by atoms with Gasteiger partial charge in [0.2, 0.25) is 5.91 Å². The first-order chi connectivity index (χ1) is 7.41. The van der Waals surface area contributed by atoms with Crippen molar-refractivity contribution in [2.45, 2.75) is 52.1 Å². The molecule has 3 nitrogen and oxygen atoms in total. The van der Waals surface area contributed by atoms with E-state index in [9.17, 15) is 4.79 Å². The van der Waals surface area contributed by atoms with Crippen LogP contribution in [0, 0.1) is 11.8 Å². The number of carbonyl (C=O) groups is 1. The van der Waals surface area contributed by atoms with Crippen molar-refractivity contribution in [1.82, 2.24) is 10.2 Å². The molecule has 1 aliphatic rings. The molecule has 0 aromatic carbocycles. The van der Waals surface area contributed by atoms with Gasteiger partial charge in [0.1, 0.15) is 0 Å². The molecule has 16 heavy (non-hydrogen) atoms. The number of likely N-dealkylation sites (N-methyl/N-ethyl adjacent to an activating group) is 1. The Labute approximate surface area is 99.6 Å². The van der Waals surface area contributed by atoms with Crippen molar-refractivity contribution in [3.8, 4) is 0 Å². The lowest BCUT2D eigenvalue weighted by molar-refractivity contribution is -0.132. The highest BCUT2D eigenvalue weighted by Crippen LogP contribution is 2.33. The van der Waals surface area contributed by atoms with E-state index in [1.807, 2.05) is 14.1 Å². The van der Waals surface area contributed by atoms with Crippen molar-refractivity contribution in [3.63, 3.8) is 0 Å². The van der Waals surface area contributed by atoms with Gasteiger partial charge in [0.15, 0.2) is 0 Å². The van der Waals surface area contributed by atoms with Crippen LogP contribution in [0.2, 0.25) is 0 Å². The second-order valence-corrected chi connectivity index (χ2v) is 5.70. The summed E-state index contributed by atoms with van der Waals surface area (Å²) in [7, 11) is 3.65. The standard InChI is InChI=1S/C13H26N2O/c1-9(2)12(13(16)15(4)5)14-10(3)8-11-6-7-11/h9-12,14H,6-8H2,1-5H3. The van der Waals surface area contributed by atoms with E-state index >= 15 is 0 Å². The molecule has 1 fully saturated rings. The summed E-state index contributed by atoms with van der Waals surface area (Å²) in [4.78, 5) is 13.7. The Bertz CT molecular complexity index is 234. The predicted molar refractivity (Wildman–Crippen MR) is 67.3 cm³/mol. The smallest absolute Gasteiger partial charge is 0.239 e. The van der Waals surface area contributed by atoms with E-state index < -0.39 is 0 Å². The van der Waals surface area contributed by atoms with E-state index in [2.05, 4.69) is 26.1 Å². The molecule has 0 heterocycles. The minimum atomic E-state index is -0.0382. The van der Waals surface area contributed by atoms with Gasteiger partial charge in [-0.2, -0.15) is 0 Å². The predicted octanol–water partition coefficient (Wildman–Crippen LogP) is 1.88. The molecule has 2 atom stereocenters. The van der Waals surface area contributed by atoms with Crippen LogP contribution in [0.15, 0.2) is 0 Å². The summed E-state index contributed by atoms with van der Waals surface area (Å²) >= 11 is 0. The Kier molecular flexibility index (Phi) is 4.78. The van der Waals surface area contributed by atoms with Crippen molar-refractivity contribution in [2.24, 2.45) is 11.8 Å². The van der Waals surface area contributed by atoms with Crippen LogP contribution in [0.1, 0.15) is 40.0 Å². The van der Waals surface area contributed by atoms with Crippen molar-refractivity contribution in [3.05, 3.63) is 0 Å². The van der Waals surface area contributed by atoms with E-state index in [1.165, 1.54) is 19.3 Å². The summed E-state index contributed by atoms with van der Waals surface area (Å²) in [5, 5.41) is 3.48. The lowest BCUT2D eigenvalue weighted by atomic mass is 10.0. The van der Waals surface area contributed by atoms with E-state index in [4.69, 9.17) is 0 Å². The van der Waals surface area contributed by atoms with E-state index in [0.717, 1.165) is 5.92 Å². The maximum absolute atomic E-state index is 12.0.